The van der Waals surface area contributed by atoms with Crippen molar-refractivity contribution in [1.29, 1.82) is 0 Å². The number of carbonyl (C=O) groups excluding carboxylic acids is 3. The van der Waals surface area contributed by atoms with Crippen molar-refractivity contribution >= 4 is 18.0 Å². The van der Waals surface area contributed by atoms with Crippen molar-refractivity contribution in [3.05, 3.63) is 35.9 Å². The summed E-state index contributed by atoms with van der Waals surface area (Å²) in [4.78, 5) is 36.2. The van der Waals surface area contributed by atoms with E-state index in [9.17, 15) is 14.4 Å². The average molecular weight is 335 g/mol. The van der Waals surface area contributed by atoms with Gasteiger partial charge in [0.1, 0.15) is 6.61 Å². The lowest BCUT2D eigenvalue weighted by atomic mass is 10.1. The summed E-state index contributed by atoms with van der Waals surface area (Å²) in [5, 5.41) is 0. The maximum atomic E-state index is 12.4. The van der Waals surface area contributed by atoms with Gasteiger partial charge in [0, 0.05) is 20.4 Å². The van der Waals surface area contributed by atoms with Gasteiger partial charge in [0.25, 0.3) is 0 Å². The number of ether oxygens (including phenoxy) is 3. The van der Waals surface area contributed by atoms with Crippen LogP contribution in [0.15, 0.2) is 30.3 Å². The summed E-state index contributed by atoms with van der Waals surface area (Å²) in [5.41, 5.74) is 0.850. The van der Waals surface area contributed by atoms with Gasteiger partial charge in [-0.25, -0.2) is 4.79 Å². The predicted molar refractivity (Wildman–Crippen MR) is 83.7 cm³/mol. The molecule has 0 bridgehead atoms. The average Bonchev–Trinajstić information content (AvgIpc) is 2.54. The van der Waals surface area contributed by atoms with Gasteiger partial charge in [-0.1, -0.05) is 30.3 Å². The molecule has 24 heavy (non-hydrogen) atoms. The van der Waals surface area contributed by atoms with Crippen LogP contribution in [0.2, 0.25) is 0 Å². The summed E-state index contributed by atoms with van der Waals surface area (Å²) in [7, 11) is 0. The zero-order chi connectivity index (χ0) is 17.5. The third kappa shape index (κ3) is 4.97. The highest BCUT2D eigenvalue weighted by atomic mass is 16.6. The van der Waals surface area contributed by atoms with E-state index in [0.29, 0.717) is 19.4 Å². The van der Waals surface area contributed by atoms with Gasteiger partial charge in [0.15, 0.2) is 6.10 Å². The quantitative estimate of drug-likeness (QED) is 0.620. The maximum Gasteiger partial charge on any atom is 0.413 e. The monoisotopic (exact) mass is 335 g/mol. The molecule has 1 heterocycles. The first-order chi connectivity index (χ1) is 11.5. The Bertz CT molecular complexity index is 588. The predicted octanol–water partition coefficient (Wildman–Crippen LogP) is 2.24. The van der Waals surface area contributed by atoms with Crippen LogP contribution in [0, 0.1) is 0 Å². The van der Waals surface area contributed by atoms with Crippen molar-refractivity contribution in [3.8, 4) is 0 Å². The molecule has 1 aliphatic rings. The van der Waals surface area contributed by atoms with Crippen LogP contribution in [-0.2, 0) is 30.4 Å². The summed E-state index contributed by atoms with van der Waals surface area (Å²) >= 11 is 0. The first-order valence-electron chi connectivity index (χ1n) is 7.79. The number of piperidine rings is 1. The van der Waals surface area contributed by atoms with Crippen LogP contribution in [0.4, 0.5) is 4.79 Å². The van der Waals surface area contributed by atoms with Crippen molar-refractivity contribution in [3.63, 3.8) is 0 Å². The molecule has 1 fully saturated rings. The lowest BCUT2D eigenvalue weighted by molar-refractivity contribution is -0.185. The number of likely N-dealkylation sites (tertiary alicyclic amines) is 1. The maximum absolute atomic E-state index is 12.4. The number of amides is 1. The molecule has 7 heteroatoms. The van der Waals surface area contributed by atoms with Crippen LogP contribution in [0.1, 0.15) is 32.3 Å². The van der Waals surface area contributed by atoms with E-state index in [4.69, 9.17) is 14.2 Å². The fourth-order valence-corrected chi connectivity index (χ4v) is 2.57. The Labute approximate surface area is 140 Å². The Balaban J connectivity index is 2.04. The van der Waals surface area contributed by atoms with Gasteiger partial charge in [0.2, 0.25) is 6.23 Å². The lowest BCUT2D eigenvalue weighted by Crippen LogP contribution is -2.54. The number of nitrogens with zero attached hydrogens (tertiary/aromatic N) is 1. The number of carbonyl (C=O) groups is 3. The molecule has 130 valence electrons. The van der Waals surface area contributed by atoms with Gasteiger partial charge in [-0.2, -0.15) is 0 Å². The number of esters is 2. The normalized spacial score (nSPS) is 20.2. The van der Waals surface area contributed by atoms with Crippen LogP contribution in [-0.4, -0.2) is 41.8 Å². The first-order valence-corrected chi connectivity index (χ1v) is 7.79. The SMILES string of the molecule is CC(=O)O[C@H]1CCCN(C(=O)OCc2ccccc2)[C@@H]1OC(C)=O. The fraction of sp³-hybridized carbons (Fsp3) is 0.471. The smallest absolute Gasteiger partial charge is 0.413 e. The van der Waals surface area contributed by atoms with Crippen molar-refractivity contribution < 1.29 is 28.6 Å². The minimum Gasteiger partial charge on any atom is -0.456 e. The van der Waals surface area contributed by atoms with E-state index in [1.807, 2.05) is 30.3 Å². The molecule has 0 saturated carbocycles. The molecule has 1 aromatic rings. The number of benzene rings is 1. The first kappa shape index (κ1) is 17.8. The molecule has 0 N–H and O–H groups in total. The second-order valence-corrected chi connectivity index (χ2v) is 5.52. The number of hydrogen-bond donors (Lipinski definition) is 0. The highest BCUT2D eigenvalue weighted by Gasteiger charge is 2.39. The molecular weight excluding hydrogens is 314 g/mol. The van der Waals surface area contributed by atoms with E-state index in [1.54, 1.807) is 0 Å². The van der Waals surface area contributed by atoms with Gasteiger partial charge in [-0.3, -0.25) is 14.5 Å². The third-order valence-corrected chi connectivity index (χ3v) is 3.56. The zero-order valence-corrected chi connectivity index (χ0v) is 13.8. The molecule has 0 unspecified atom stereocenters. The van der Waals surface area contributed by atoms with Crippen molar-refractivity contribution in [2.75, 3.05) is 6.54 Å². The molecule has 0 spiro atoms. The molecule has 0 aliphatic carbocycles. The lowest BCUT2D eigenvalue weighted by Gasteiger charge is -2.38. The van der Waals surface area contributed by atoms with E-state index >= 15 is 0 Å². The topological polar surface area (TPSA) is 82.1 Å². The standard InChI is InChI=1S/C17H21NO6/c1-12(19)23-15-9-6-10-18(16(15)24-13(2)20)17(21)22-11-14-7-4-3-5-8-14/h3-5,7-8,15-16H,6,9-11H2,1-2H3/t15-,16+/m0/s1. The van der Waals surface area contributed by atoms with Crippen LogP contribution < -0.4 is 0 Å². The number of hydrogen-bond acceptors (Lipinski definition) is 6. The molecule has 1 aliphatic heterocycles. The second kappa shape index (κ2) is 8.33. The van der Waals surface area contributed by atoms with Gasteiger partial charge in [0.05, 0.1) is 0 Å². The molecule has 1 saturated heterocycles. The Kier molecular flexibility index (Phi) is 6.17. The molecule has 2 rings (SSSR count). The van der Waals surface area contributed by atoms with Crippen molar-refractivity contribution in [2.24, 2.45) is 0 Å². The van der Waals surface area contributed by atoms with Gasteiger partial charge >= 0.3 is 18.0 Å². The minimum absolute atomic E-state index is 0.112. The molecule has 0 radical (unpaired) electrons. The Morgan fingerprint density at radius 2 is 1.75 bits per heavy atom. The molecule has 1 aromatic carbocycles. The van der Waals surface area contributed by atoms with E-state index < -0.39 is 30.4 Å². The largest absolute Gasteiger partial charge is 0.456 e. The number of rotatable bonds is 4. The second-order valence-electron chi connectivity index (χ2n) is 5.52. The minimum atomic E-state index is -0.969. The van der Waals surface area contributed by atoms with Gasteiger partial charge in [-0.05, 0) is 18.4 Å². The van der Waals surface area contributed by atoms with E-state index in [1.165, 1.54) is 18.7 Å². The molecule has 7 nitrogen and oxygen atoms in total. The van der Waals surface area contributed by atoms with E-state index in [0.717, 1.165) is 5.56 Å². The van der Waals surface area contributed by atoms with Crippen LogP contribution >= 0.6 is 0 Å². The summed E-state index contributed by atoms with van der Waals surface area (Å²) in [6.45, 7) is 2.99. The summed E-state index contributed by atoms with van der Waals surface area (Å²) in [6.07, 6.45) is -1.13. The Morgan fingerprint density at radius 3 is 2.38 bits per heavy atom. The summed E-state index contributed by atoms with van der Waals surface area (Å²) in [5.74, 6) is -1.04. The highest BCUT2D eigenvalue weighted by molar-refractivity contribution is 5.70. The van der Waals surface area contributed by atoms with Crippen LogP contribution in [0.5, 0.6) is 0 Å². The van der Waals surface area contributed by atoms with Gasteiger partial charge in [-0.15, -0.1) is 0 Å². The fourth-order valence-electron chi connectivity index (χ4n) is 2.57. The molecule has 2 atom stereocenters. The molecule has 1 amide bonds. The van der Waals surface area contributed by atoms with E-state index in [2.05, 4.69) is 0 Å². The molecule has 0 aromatic heterocycles. The van der Waals surface area contributed by atoms with Crippen LogP contribution in [0.25, 0.3) is 0 Å². The zero-order valence-electron chi connectivity index (χ0n) is 13.8. The summed E-state index contributed by atoms with van der Waals surface area (Å²) < 4.78 is 15.7. The third-order valence-electron chi connectivity index (χ3n) is 3.56. The van der Waals surface area contributed by atoms with E-state index in [-0.39, 0.29) is 6.61 Å². The van der Waals surface area contributed by atoms with Crippen molar-refractivity contribution in [2.45, 2.75) is 45.6 Å². The Hall–Kier alpha value is -2.57. The van der Waals surface area contributed by atoms with Crippen molar-refractivity contribution in [1.82, 2.24) is 4.90 Å². The highest BCUT2D eigenvalue weighted by Crippen LogP contribution is 2.23. The van der Waals surface area contributed by atoms with Crippen LogP contribution in [0.3, 0.4) is 0 Å². The molecular formula is C17H21NO6. The summed E-state index contributed by atoms with van der Waals surface area (Å²) in [6, 6.07) is 9.25. The van der Waals surface area contributed by atoms with Gasteiger partial charge < -0.3 is 14.2 Å². The Morgan fingerprint density at radius 1 is 1.08 bits per heavy atom.